The van der Waals surface area contributed by atoms with Gasteiger partial charge in [-0.2, -0.15) is 0 Å². The molecule has 0 unspecified atom stereocenters. The molecule has 2 aliphatic rings. The van der Waals surface area contributed by atoms with Crippen molar-refractivity contribution < 1.29 is 9.90 Å². The van der Waals surface area contributed by atoms with Crippen molar-refractivity contribution in [1.29, 1.82) is 0 Å². The highest BCUT2D eigenvalue weighted by Gasteiger charge is 2.25. The minimum absolute atomic E-state index is 0.0112. The second kappa shape index (κ2) is 6.20. The van der Waals surface area contributed by atoms with E-state index in [1.807, 2.05) is 9.80 Å². The zero-order valence-corrected chi connectivity index (χ0v) is 12.7. The average Bonchev–Trinajstić information content (AvgIpc) is 2.93. The molecule has 2 aliphatic heterocycles. The Morgan fingerprint density at radius 1 is 1.29 bits per heavy atom. The quantitative estimate of drug-likeness (QED) is 0.907. The maximum atomic E-state index is 12.4. The summed E-state index contributed by atoms with van der Waals surface area (Å²) in [6.07, 6.45) is 5.33. The number of halogens is 1. The SMILES string of the molecule is O=C(c1cnc(N2CC[C@H](O)C2)c(Cl)c1)N1CCCCC1. The van der Waals surface area contributed by atoms with Crippen molar-refractivity contribution in [2.24, 2.45) is 0 Å². The number of aliphatic hydroxyl groups is 1. The summed E-state index contributed by atoms with van der Waals surface area (Å²) in [6, 6.07) is 1.70. The van der Waals surface area contributed by atoms with Gasteiger partial charge in [0.2, 0.25) is 0 Å². The van der Waals surface area contributed by atoms with Crippen LogP contribution in [0.1, 0.15) is 36.0 Å². The van der Waals surface area contributed by atoms with E-state index in [2.05, 4.69) is 4.98 Å². The lowest BCUT2D eigenvalue weighted by molar-refractivity contribution is 0.0724. The van der Waals surface area contributed by atoms with Crippen molar-refractivity contribution in [3.8, 4) is 0 Å². The molecular formula is C15H20ClN3O2. The largest absolute Gasteiger partial charge is 0.391 e. The lowest BCUT2D eigenvalue weighted by Crippen LogP contribution is -2.35. The second-order valence-corrected chi connectivity index (χ2v) is 6.18. The lowest BCUT2D eigenvalue weighted by Gasteiger charge is -2.27. The zero-order chi connectivity index (χ0) is 14.8. The van der Waals surface area contributed by atoms with Crippen LogP contribution in [0.15, 0.2) is 12.3 Å². The van der Waals surface area contributed by atoms with E-state index in [9.17, 15) is 9.90 Å². The summed E-state index contributed by atoms with van der Waals surface area (Å²) in [4.78, 5) is 20.6. The van der Waals surface area contributed by atoms with Crippen molar-refractivity contribution in [2.75, 3.05) is 31.1 Å². The number of β-amino-alcohol motifs (C(OH)–C–C–N with tert-alkyl or cyclic N) is 1. The Kier molecular flexibility index (Phi) is 4.31. The van der Waals surface area contributed by atoms with E-state index >= 15 is 0 Å². The van der Waals surface area contributed by atoms with Crippen molar-refractivity contribution in [1.82, 2.24) is 9.88 Å². The third-order valence-corrected chi connectivity index (χ3v) is 4.45. The minimum Gasteiger partial charge on any atom is -0.391 e. The first-order valence-corrected chi connectivity index (χ1v) is 7.91. The molecule has 1 aromatic heterocycles. The molecule has 1 aromatic rings. The van der Waals surface area contributed by atoms with Gasteiger partial charge in [0, 0.05) is 32.4 Å². The summed E-state index contributed by atoms with van der Waals surface area (Å²) >= 11 is 6.28. The molecule has 0 radical (unpaired) electrons. The highest BCUT2D eigenvalue weighted by molar-refractivity contribution is 6.33. The van der Waals surface area contributed by atoms with Gasteiger partial charge in [-0.1, -0.05) is 11.6 Å². The van der Waals surface area contributed by atoms with Crippen molar-refractivity contribution >= 4 is 23.3 Å². The summed E-state index contributed by atoms with van der Waals surface area (Å²) in [5, 5.41) is 10.1. The number of amides is 1. The van der Waals surface area contributed by atoms with E-state index in [0.29, 0.717) is 22.9 Å². The van der Waals surface area contributed by atoms with Crippen molar-refractivity contribution in [3.63, 3.8) is 0 Å². The predicted molar refractivity (Wildman–Crippen MR) is 81.8 cm³/mol. The maximum Gasteiger partial charge on any atom is 0.255 e. The number of pyridine rings is 1. The molecule has 6 heteroatoms. The molecule has 0 saturated carbocycles. The van der Waals surface area contributed by atoms with Crippen LogP contribution in [0.25, 0.3) is 0 Å². The van der Waals surface area contributed by atoms with Crippen LogP contribution in [-0.2, 0) is 0 Å². The van der Waals surface area contributed by atoms with E-state index in [1.54, 1.807) is 12.3 Å². The molecule has 21 heavy (non-hydrogen) atoms. The van der Waals surface area contributed by atoms with Gasteiger partial charge in [-0.25, -0.2) is 4.98 Å². The second-order valence-electron chi connectivity index (χ2n) is 5.77. The molecule has 1 N–H and O–H groups in total. The van der Waals surface area contributed by atoms with Gasteiger partial charge in [-0.15, -0.1) is 0 Å². The first-order valence-electron chi connectivity index (χ1n) is 7.53. The smallest absolute Gasteiger partial charge is 0.255 e. The number of carbonyl (C=O) groups excluding carboxylic acids is 1. The number of aromatic nitrogens is 1. The van der Waals surface area contributed by atoms with Crippen LogP contribution in [0.3, 0.4) is 0 Å². The number of nitrogens with zero attached hydrogens (tertiary/aromatic N) is 3. The number of carbonyl (C=O) groups is 1. The molecule has 1 atom stereocenters. The molecule has 1 amide bonds. The molecule has 2 saturated heterocycles. The molecule has 2 fully saturated rings. The summed E-state index contributed by atoms with van der Waals surface area (Å²) in [5.41, 5.74) is 0.547. The van der Waals surface area contributed by atoms with Gasteiger partial charge in [0.25, 0.3) is 5.91 Å². The predicted octanol–water partition coefficient (Wildman–Crippen LogP) is 1.93. The van der Waals surface area contributed by atoms with Gasteiger partial charge >= 0.3 is 0 Å². The highest BCUT2D eigenvalue weighted by atomic mass is 35.5. The molecule has 114 valence electrons. The molecule has 0 spiro atoms. The molecule has 3 heterocycles. The van der Waals surface area contributed by atoms with Crippen molar-refractivity contribution in [3.05, 3.63) is 22.8 Å². The van der Waals surface area contributed by atoms with Gasteiger partial charge in [-0.3, -0.25) is 4.79 Å². The van der Waals surface area contributed by atoms with E-state index < -0.39 is 0 Å². The van der Waals surface area contributed by atoms with Gasteiger partial charge < -0.3 is 14.9 Å². The molecule has 3 rings (SSSR count). The minimum atomic E-state index is -0.322. The summed E-state index contributed by atoms with van der Waals surface area (Å²) in [6.45, 7) is 2.92. The number of rotatable bonds is 2. The Bertz CT molecular complexity index is 532. The number of hydrogen-bond acceptors (Lipinski definition) is 4. The van der Waals surface area contributed by atoms with Crippen LogP contribution in [0.5, 0.6) is 0 Å². The van der Waals surface area contributed by atoms with Crippen LogP contribution < -0.4 is 4.90 Å². The highest BCUT2D eigenvalue weighted by Crippen LogP contribution is 2.27. The first-order chi connectivity index (χ1) is 10.1. The lowest BCUT2D eigenvalue weighted by atomic mass is 10.1. The van der Waals surface area contributed by atoms with Crippen LogP contribution in [0, 0.1) is 0 Å². The van der Waals surface area contributed by atoms with E-state index in [0.717, 1.165) is 38.9 Å². The number of hydrogen-bond donors (Lipinski definition) is 1. The summed E-state index contributed by atoms with van der Waals surface area (Å²) in [5.74, 6) is 0.667. The van der Waals surface area contributed by atoms with Gasteiger partial charge in [0.05, 0.1) is 16.7 Å². The van der Waals surface area contributed by atoms with Crippen LogP contribution >= 0.6 is 11.6 Å². The number of piperidine rings is 1. The molecule has 0 aliphatic carbocycles. The van der Waals surface area contributed by atoms with Crippen LogP contribution in [-0.4, -0.2) is 53.2 Å². The third-order valence-electron chi connectivity index (χ3n) is 4.17. The Morgan fingerprint density at radius 2 is 2.05 bits per heavy atom. The summed E-state index contributed by atoms with van der Waals surface area (Å²) < 4.78 is 0. The zero-order valence-electron chi connectivity index (χ0n) is 12.0. The Morgan fingerprint density at radius 3 is 2.67 bits per heavy atom. The molecule has 5 nitrogen and oxygen atoms in total. The fourth-order valence-corrected chi connectivity index (χ4v) is 3.28. The normalized spacial score (nSPS) is 22.7. The fourth-order valence-electron chi connectivity index (χ4n) is 2.99. The fraction of sp³-hybridized carbons (Fsp3) is 0.600. The molecule has 0 bridgehead atoms. The van der Waals surface area contributed by atoms with Gasteiger partial charge in [0.15, 0.2) is 0 Å². The number of aliphatic hydroxyl groups excluding tert-OH is 1. The van der Waals surface area contributed by atoms with E-state index in [4.69, 9.17) is 11.6 Å². The third kappa shape index (κ3) is 3.14. The van der Waals surface area contributed by atoms with Crippen LogP contribution in [0.2, 0.25) is 5.02 Å². The monoisotopic (exact) mass is 309 g/mol. The first kappa shape index (κ1) is 14.6. The van der Waals surface area contributed by atoms with Crippen molar-refractivity contribution in [2.45, 2.75) is 31.8 Å². The van der Waals surface area contributed by atoms with Crippen LogP contribution in [0.4, 0.5) is 5.82 Å². The Hall–Kier alpha value is -1.33. The van der Waals surface area contributed by atoms with Gasteiger partial charge in [0.1, 0.15) is 5.82 Å². The maximum absolute atomic E-state index is 12.4. The van der Waals surface area contributed by atoms with E-state index in [-0.39, 0.29) is 12.0 Å². The number of likely N-dealkylation sites (tertiary alicyclic amines) is 1. The standard InChI is InChI=1S/C15H20ClN3O2/c16-13-8-11(15(21)18-5-2-1-3-6-18)9-17-14(13)19-7-4-12(20)10-19/h8-9,12,20H,1-7,10H2/t12-/m0/s1. The Balaban J connectivity index is 1.75. The molecule has 0 aromatic carbocycles. The molecular weight excluding hydrogens is 290 g/mol. The summed E-state index contributed by atoms with van der Waals surface area (Å²) in [7, 11) is 0. The average molecular weight is 310 g/mol. The van der Waals surface area contributed by atoms with Gasteiger partial charge in [-0.05, 0) is 31.7 Å². The topological polar surface area (TPSA) is 56.7 Å². The Labute approximate surface area is 129 Å². The number of anilines is 1. The van der Waals surface area contributed by atoms with E-state index in [1.165, 1.54) is 6.42 Å².